The van der Waals surface area contributed by atoms with Crippen LogP contribution >= 0.6 is 0 Å². The van der Waals surface area contributed by atoms with Gasteiger partial charge >= 0.3 is 6.03 Å². The fourth-order valence-corrected chi connectivity index (χ4v) is 2.41. The van der Waals surface area contributed by atoms with Gasteiger partial charge in [-0.2, -0.15) is 0 Å². The van der Waals surface area contributed by atoms with Gasteiger partial charge in [0.05, 0.1) is 6.54 Å². The maximum atomic E-state index is 12.1. The molecule has 0 fully saturated rings. The first kappa shape index (κ1) is 17.0. The van der Waals surface area contributed by atoms with E-state index in [-0.39, 0.29) is 6.03 Å². The first-order valence-electron chi connectivity index (χ1n) is 7.67. The van der Waals surface area contributed by atoms with Gasteiger partial charge in [-0.3, -0.25) is 0 Å². The van der Waals surface area contributed by atoms with Crippen molar-refractivity contribution in [3.8, 4) is 0 Å². The van der Waals surface area contributed by atoms with E-state index in [1.54, 1.807) is 7.11 Å². The molecule has 2 rings (SSSR count). The molecule has 0 aliphatic carbocycles. The van der Waals surface area contributed by atoms with Crippen molar-refractivity contribution in [3.05, 3.63) is 65.2 Å². The Balaban J connectivity index is 2.01. The van der Waals surface area contributed by atoms with Gasteiger partial charge in [0.1, 0.15) is 5.60 Å². The molecule has 0 spiro atoms. The standard InChI is InChI=1S/C19H24N2O2/c1-14-7-5-9-16(11-14)19(3,23-4)13-20-18(22)21-17-10-6-8-15(2)12-17/h5-12H,13H2,1-4H3,(H2,20,21,22). The van der Waals surface area contributed by atoms with Crippen LogP contribution in [-0.2, 0) is 10.3 Å². The molecule has 0 saturated carbocycles. The Morgan fingerprint density at radius 1 is 1.09 bits per heavy atom. The molecule has 2 aromatic rings. The summed E-state index contributed by atoms with van der Waals surface area (Å²) in [7, 11) is 1.66. The molecule has 1 unspecified atom stereocenters. The largest absolute Gasteiger partial charge is 0.372 e. The lowest BCUT2D eigenvalue weighted by Crippen LogP contribution is -2.41. The molecular formula is C19H24N2O2. The summed E-state index contributed by atoms with van der Waals surface area (Å²) in [5.74, 6) is 0. The highest BCUT2D eigenvalue weighted by Crippen LogP contribution is 2.24. The summed E-state index contributed by atoms with van der Waals surface area (Å²) in [6.45, 7) is 6.37. The number of nitrogens with one attached hydrogen (secondary N) is 2. The van der Waals surface area contributed by atoms with Crippen LogP contribution in [-0.4, -0.2) is 19.7 Å². The Morgan fingerprint density at radius 2 is 1.74 bits per heavy atom. The molecule has 122 valence electrons. The van der Waals surface area contributed by atoms with Crippen molar-refractivity contribution >= 4 is 11.7 Å². The van der Waals surface area contributed by atoms with Gasteiger partial charge in [0.25, 0.3) is 0 Å². The normalized spacial score (nSPS) is 13.2. The lowest BCUT2D eigenvalue weighted by atomic mass is 9.94. The number of aryl methyl sites for hydroxylation is 2. The molecule has 2 amide bonds. The fraction of sp³-hybridized carbons (Fsp3) is 0.316. The quantitative estimate of drug-likeness (QED) is 0.877. The lowest BCUT2D eigenvalue weighted by molar-refractivity contribution is 0.00516. The van der Waals surface area contributed by atoms with E-state index in [2.05, 4.69) is 16.7 Å². The molecule has 4 nitrogen and oxygen atoms in total. The van der Waals surface area contributed by atoms with E-state index >= 15 is 0 Å². The van der Waals surface area contributed by atoms with Crippen molar-refractivity contribution in [2.75, 3.05) is 19.0 Å². The van der Waals surface area contributed by atoms with Gasteiger partial charge in [-0.15, -0.1) is 0 Å². The summed E-state index contributed by atoms with van der Waals surface area (Å²) in [6, 6.07) is 15.6. The van der Waals surface area contributed by atoms with E-state index in [4.69, 9.17) is 4.74 Å². The molecule has 4 heteroatoms. The van der Waals surface area contributed by atoms with E-state index in [1.807, 2.05) is 63.2 Å². The number of hydrogen-bond acceptors (Lipinski definition) is 2. The summed E-state index contributed by atoms with van der Waals surface area (Å²) in [6.07, 6.45) is 0. The third-order valence-corrected chi connectivity index (χ3v) is 3.94. The molecule has 1 atom stereocenters. The molecule has 0 aliphatic rings. The SMILES string of the molecule is COC(C)(CNC(=O)Nc1cccc(C)c1)c1cccc(C)c1. The molecule has 0 aromatic heterocycles. The van der Waals surface area contributed by atoms with E-state index in [9.17, 15) is 4.79 Å². The summed E-state index contributed by atoms with van der Waals surface area (Å²) in [4.78, 5) is 12.1. The maximum Gasteiger partial charge on any atom is 0.319 e. The number of methoxy groups -OCH3 is 1. The lowest BCUT2D eigenvalue weighted by Gasteiger charge is -2.29. The van der Waals surface area contributed by atoms with Crippen LogP contribution in [0, 0.1) is 13.8 Å². The molecule has 0 heterocycles. The first-order valence-corrected chi connectivity index (χ1v) is 7.67. The number of carbonyl (C=O) groups is 1. The van der Waals surface area contributed by atoms with Crippen molar-refractivity contribution in [1.82, 2.24) is 5.32 Å². The Morgan fingerprint density at radius 3 is 2.35 bits per heavy atom. The number of rotatable bonds is 5. The minimum absolute atomic E-state index is 0.244. The van der Waals surface area contributed by atoms with Crippen molar-refractivity contribution in [2.24, 2.45) is 0 Å². The third kappa shape index (κ3) is 4.57. The number of ether oxygens (including phenoxy) is 1. The van der Waals surface area contributed by atoms with Crippen LogP contribution in [0.3, 0.4) is 0 Å². The molecule has 0 aliphatic heterocycles. The van der Waals surface area contributed by atoms with Crippen LogP contribution in [0.2, 0.25) is 0 Å². The van der Waals surface area contributed by atoms with Gasteiger partial charge in [0.15, 0.2) is 0 Å². The molecule has 2 N–H and O–H groups in total. The summed E-state index contributed by atoms with van der Waals surface area (Å²) < 4.78 is 5.66. The van der Waals surface area contributed by atoms with Crippen LogP contribution in [0.4, 0.5) is 10.5 Å². The predicted octanol–water partition coefficient (Wildman–Crippen LogP) is 3.99. The monoisotopic (exact) mass is 312 g/mol. The smallest absolute Gasteiger partial charge is 0.319 e. The maximum absolute atomic E-state index is 12.1. The second-order valence-electron chi connectivity index (χ2n) is 5.98. The first-order chi connectivity index (χ1) is 10.9. The van der Waals surface area contributed by atoms with Gasteiger partial charge in [0, 0.05) is 12.8 Å². The number of urea groups is 1. The summed E-state index contributed by atoms with van der Waals surface area (Å²) >= 11 is 0. The van der Waals surface area contributed by atoms with Gasteiger partial charge in [-0.05, 0) is 44.0 Å². The average molecular weight is 312 g/mol. The number of amides is 2. The number of carbonyl (C=O) groups excluding carboxylic acids is 1. The van der Waals surface area contributed by atoms with Crippen molar-refractivity contribution in [2.45, 2.75) is 26.4 Å². The van der Waals surface area contributed by atoms with E-state index in [1.165, 1.54) is 0 Å². The van der Waals surface area contributed by atoms with Crippen molar-refractivity contribution in [1.29, 1.82) is 0 Å². The number of benzene rings is 2. The molecule has 0 radical (unpaired) electrons. The zero-order chi connectivity index (χ0) is 16.9. The average Bonchev–Trinajstić information content (AvgIpc) is 2.52. The van der Waals surface area contributed by atoms with Gasteiger partial charge in [-0.1, -0.05) is 42.0 Å². The predicted molar refractivity (Wildman–Crippen MR) is 93.7 cm³/mol. The van der Waals surface area contributed by atoms with Crippen LogP contribution in [0.1, 0.15) is 23.6 Å². The molecule has 0 saturated heterocycles. The third-order valence-electron chi connectivity index (χ3n) is 3.94. The zero-order valence-electron chi connectivity index (χ0n) is 14.1. The van der Waals surface area contributed by atoms with Crippen LogP contribution < -0.4 is 10.6 Å². The minimum Gasteiger partial charge on any atom is -0.372 e. The van der Waals surface area contributed by atoms with Gasteiger partial charge in [0.2, 0.25) is 0 Å². The fourth-order valence-electron chi connectivity index (χ4n) is 2.41. The number of anilines is 1. The van der Waals surface area contributed by atoms with E-state index in [0.29, 0.717) is 6.54 Å². The van der Waals surface area contributed by atoms with Crippen LogP contribution in [0.25, 0.3) is 0 Å². The highest BCUT2D eigenvalue weighted by atomic mass is 16.5. The van der Waals surface area contributed by atoms with E-state index < -0.39 is 5.60 Å². The Bertz CT molecular complexity index is 685. The Labute approximate surface area is 137 Å². The van der Waals surface area contributed by atoms with Gasteiger partial charge in [-0.25, -0.2) is 4.79 Å². The van der Waals surface area contributed by atoms with Crippen molar-refractivity contribution in [3.63, 3.8) is 0 Å². The number of hydrogen-bond donors (Lipinski definition) is 2. The van der Waals surface area contributed by atoms with E-state index in [0.717, 1.165) is 22.4 Å². The van der Waals surface area contributed by atoms with Crippen LogP contribution in [0.15, 0.2) is 48.5 Å². The molecule has 0 bridgehead atoms. The summed E-state index contributed by atoms with van der Waals surface area (Å²) in [5, 5.41) is 5.72. The Hall–Kier alpha value is -2.33. The molecule has 2 aromatic carbocycles. The van der Waals surface area contributed by atoms with Crippen molar-refractivity contribution < 1.29 is 9.53 Å². The second kappa shape index (κ2) is 7.29. The zero-order valence-corrected chi connectivity index (χ0v) is 14.1. The minimum atomic E-state index is -0.573. The van der Waals surface area contributed by atoms with Crippen LogP contribution in [0.5, 0.6) is 0 Å². The molecular weight excluding hydrogens is 288 g/mol. The highest BCUT2D eigenvalue weighted by Gasteiger charge is 2.27. The highest BCUT2D eigenvalue weighted by molar-refractivity contribution is 5.89. The Kier molecular flexibility index (Phi) is 5.40. The molecule has 23 heavy (non-hydrogen) atoms. The van der Waals surface area contributed by atoms with Gasteiger partial charge < -0.3 is 15.4 Å². The second-order valence-corrected chi connectivity index (χ2v) is 5.98. The summed E-state index contributed by atoms with van der Waals surface area (Å²) in [5.41, 5.74) is 3.50. The topological polar surface area (TPSA) is 50.4 Å².